The van der Waals surface area contributed by atoms with Gasteiger partial charge in [-0.3, -0.25) is 0 Å². The Bertz CT molecular complexity index is 560. The Labute approximate surface area is 141 Å². The molecule has 0 spiro atoms. The van der Waals surface area contributed by atoms with Crippen LogP contribution in [0.15, 0.2) is 6.07 Å². The van der Waals surface area contributed by atoms with Crippen LogP contribution in [0, 0.1) is 0 Å². The predicted molar refractivity (Wildman–Crippen MR) is 98.9 cm³/mol. The fourth-order valence-electron chi connectivity index (χ4n) is 5.68. The molecule has 0 amide bonds. The second-order valence-corrected chi connectivity index (χ2v) is 8.24. The minimum absolute atomic E-state index is 0.662. The zero-order chi connectivity index (χ0) is 15.8. The summed E-state index contributed by atoms with van der Waals surface area (Å²) >= 11 is 0. The molecule has 2 nitrogen and oxygen atoms in total. The molecule has 3 aliphatic carbocycles. The number of anilines is 2. The van der Waals surface area contributed by atoms with Gasteiger partial charge in [0.05, 0.1) is 0 Å². The highest BCUT2D eigenvalue weighted by Crippen LogP contribution is 2.50. The first-order valence-corrected chi connectivity index (χ1v) is 9.97. The van der Waals surface area contributed by atoms with E-state index in [1.807, 2.05) is 0 Å². The molecule has 0 aromatic heterocycles. The number of nitrogens with two attached hydrogens (primary N) is 2. The molecule has 1 aromatic carbocycles. The molecule has 4 N–H and O–H groups in total. The highest BCUT2D eigenvalue weighted by atomic mass is 14.6. The summed E-state index contributed by atoms with van der Waals surface area (Å²) in [6.45, 7) is 0. The number of benzene rings is 1. The van der Waals surface area contributed by atoms with E-state index in [2.05, 4.69) is 6.07 Å². The first-order chi connectivity index (χ1) is 11.3. The molecule has 0 saturated heterocycles. The number of hydrogen-bond acceptors (Lipinski definition) is 2. The fourth-order valence-corrected chi connectivity index (χ4v) is 5.68. The molecule has 0 heterocycles. The molecule has 0 radical (unpaired) electrons. The van der Waals surface area contributed by atoms with Gasteiger partial charge in [-0.2, -0.15) is 0 Å². The number of hydrogen-bond donors (Lipinski definition) is 2. The molecule has 2 heteroatoms. The molecule has 0 aliphatic heterocycles. The van der Waals surface area contributed by atoms with Gasteiger partial charge in [0.25, 0.3) is 0 Å². The Morgan fingerprint density at radius 2 is 1.04 bits per heavy atom. The van der Waals surface area contributed by atoms with Gasteiger partial charge in [0.15, 0.2) is 0 Å². The Hall–Kier alpha value is -1.18. The predicted octanol–water partition coefficient (Wildman–Crippen LogP) is 5.82. The van der Waals surface area contributed by atoms with Gasteiger partial charge in [0.2, 0.25) is 0 Å². The summed E-state index contributed by atoms with van der Waals surface area (Å²) in [5, 5.41) is 0. The largest absolute Gasteiger partial charge is 0.398 e. The van der Waals surface area contributed by atoms with Crippen LogP contribution in [0.3, 0.4) is 0 Å². The topological polar surface area (TPSA) is 52.0 Å². The minimum Gasteiger partial charge on any atom is -0.398 e. The van der Waals surface area contributed by atoms with Gasteiger partial charge in [-0.15, -0.1) is 0 Å². The molecule has 126 valence electrons. The van der Waals surface area contributed by atoms with Crippen LogP contribution in [0.1, 0.15) is 111 Å². The highest BCUT2D eigenvalue weighted by Gasteiger charge is 2.32. The summed E-state index contributed by atoms with van der Waals surface area (Å²) in [5.41, 5.74) is 20.0. The van der Waals surface area contributed by atoms with Gasteiger partial charge in [0.1, 0.15) is 0 Å². The number of nitrogen functional groups attached to an aromatic ring is 2. The maximum Gasteiger partial charge on any atom is 0.0389 e. The quantitative estimate of drug-likeness (QED) is 0.690. The van der Waals surface area contributed by atoms with Gasteiger partial charge in [-0.1, -0.05) is 38.5 Å². The molecule has 0 unspecified atom stereocenters. The third-order valence-electron chi connectivity index (χ3n) is 6.84. The van der Waals surface area contributed by atoms with E-state index in [4.69, 9.17) is 11.5 Å². The maximum atomic E-state index is 6.82. The third-order valence-corrected chi connectivity index (χ3v) is 6.84. The van der Waals surface area contributed by atoms with Crippen molar-refractivity contribution >= 4 is 11.4 Å². The van der Waals surface area contributed by atoms with E-state index in [0.717, 1.165) is 11.4 Å². The van der Waals surface area contributed by atoms with Crippen LogP contribution in [0.2, 0.25) is 0 Å². The first kappa shape index (κ1) is 15.4. The average Bonchev–Trinajstić information content (AvgIpc) is 3.31. The lowest BCUT2D eigenvalue weighted by molar-refractivity contribution is 0.661. The van der Waals surface area contributed by atoms with Crippen LogP contribution in [0.5, 0.6) is 0 Å². The molecular weight excluding hydrogens is 280 g/mol. The van der Waals surface area contributed by atoms with Crippen molar-refractivity contribution in [3.8, 4) is 0 Å². The van der Waals surface area contributed by atoms with E-state index in [1.54, 1.807) is 0 Å². The summed E-state index contributed by atoms with van der Waals surface area (Å²) in [6, 6.07) is 2.28. The maximum absolute atomic E-state index is 6.82. The number of rotatable bonds is 3. The van der Waals surface area contributed by atoms with Crippen LogP contribution >= 0.6 is 0 Å². The summed E-state index contributed by atoms with van der Waals surface area (Å²) in [4.78, 5) is 0. The summed E-state index contributed by atoms with van der Waals surface area (Å²) < 4.78 is 0. The molecular formula is C21H32N2. The van der Waals surface area contributed by atoms with Gasteiger partial charge in [-0.25, -0.2) is 0 Å². The smallest absolute Gasteiger partial charge is 0.0389 e. The van der Waals surface area contributed by atoms with Crippen molar-refractivity contribution in [1.29, 1.82) is 0 Å². The zero-order valence-electron chi connectivity index (χ0n) is 14.4. The van der Waals surface area contributed by atoms with Crippen molar-refractivity contribution in [3.05, 3.63) is 22.8 Å². The minimum atomic E-state index is 0.662. The molecule has 0 atom stereocenters. The third kappa shape index (κ3) is 2.75. The van der Waals surface area contributed by atoms with E-state index < -0.39 is 0 Å². The van der Waals surface area contributed by atoms with E-state index in [-0.39, 0.29) is 0 Å². The second-order valence-electron chi connectivity index (χ2n) is 8.24. The average molecular weight is 313 g/mol. The monoisotopic (exact) mass is 312 g/mol. The van der Waals surface area contributed by atoms with Gasteiger partial charge in [0, 0.05) is 11.4 Å². The standard InChI is InChI=1S/C21H32N2/c22-18-13-17(14-7-1-2-8-14)21(23)20(16-11-5-6-12-16)19(18)15-9-3-4-10-15/h13-16H,1-12,22-23H2. The lowest BCUT2D eigenvalue weighted by Gasteiger charge is -2.27. The molecule has 1 aromatic rings. The summed E-state index contributed by atoms with van der Waals surface area (Å²) in [6.07, 6.45) is 16.0. The van der Waals surface area contributed by atoms with Crippen molar-refractivity contribution in [2.24, 2.45) is 0 Å². The van der Waals surface area contributed by atoms with E-state index in [0.29, 0.717) is 17.8 Å². The van der Waals surface area contributed by atoms with E-state index in [1.165, 1.54) is 93.7 Å². The normalized spacial score (nSPS) is 24.0. The lowest BCUT2D eigenvalue weighted by Crippen LogP contribution is -2.14. The molecule has 3 fully saturated rings. The van der Waals surface area contributed by atoms with E-state index >= 15 is 0 Å². The Balaban J connectivity index is 1.82. The zero-order valence-corrected chi connectivity index (χ0v) is 14.4. The van der Waals surface area contributed by atoms with Gasteiger partial charge >= 0.3 is 0 Å². The molecule has 4 rings (SSSR count). The summed E-state index contributed by atoms with van der Waals surface area (Å²) in [7, 11) is 0. The van der Waals surface area contributed by atoms with Crippen LogP contribution in [-0.4, -0.2) is 0 Å². The van der Waals surface area contributed by atoms with Crippen LogP contribution in [-0.2, 0) is 0 Å². The first-order valence-electron chi connectivity index (χ1n) is 9.97. The van der Waals surface area contributed by atoms with Crippen molar-refractivity contribution in [2.45, 2.75) is 94.8 Å². The fraction of sp³-hybridized carbons (Fsp3) is 0.714. The van der Waals surface area contributed by atoms with Crippen molar-refractivity contribution in [1.82, 2.24) is 0 Å². The Morgan fingerprint density at radius 1 is 0.609 bits per heavy atom. The Kier molecular flexibility index (Phi) is 4.26. The second kappa shape index (κ2) is 6.37. The van der Waals surface area contributed by atoms with Crippen LogP contribution in [0.25, 0.3) is 0 Å². The molecule has 3 saturated carbocycles. The Morgan fingerprint density at radius 3 is 1.57 bits per heavy atom. The molecule has 3 aliphatic rings. The SMILES string of the molecule is Nc1cc(C2CCCC2)c(N)c(C2CCCC2)c1C1CCCC1. The van der Waals surface area contributed by atoms with E-state index in [9.17, 15) is 0 Å². The van der Waals surface area contributed by atoms with Crippen LogP contribution in [0.4, 0.5) is 11.4 Å². The van der Waals surface area contributed by atoms with Gasteiger partial charge < -0.3 is 11.5 Å². The molecule has 0 bridgehead atoms. The van der Waals surface area contributed by atoms with Gasteiger partial charge in [-0.05, 0) is 79.0 Å². The van der Waals surface area contributed by atoms with Crippen molar-refractivity contribution in [3.63, 3.8) is 0 Å². The highest BCUT2D eigenvalue weighted by molar-refractivity contribution is 5.70. The van der Waals surface area contributed by atoms with Crippen molar-refractivity contribution in [2.75, 3.05) is 11.5 Å². The summed E-state index contributed by atoms with van der Waals surface area (Å²) in [5.74, 6) is 2.01. The lowest BCUT2D eigenvalue weighted by atomic mass is 9.80. The molecule has 23 heavy (non-hydrogen) atoms. The van der Waals surface area contributed by atoms with Crippen LogP contribution < -0.4 is 11.5 Å². The van der Waals surface area contributed by atoms with Crippen molar-refractivity contribution < 1.29 is 0 Å².